The van der Waals surface area contributed by atoms with E-state index in [1.54, 1.807) is 12.1 Å². The predicted octanol–water partition coefficient (Wildman–Crippen LogP) is 2.06. The van der Waals surface area contributed by atoms with E-state index in [0.717, 1.165) is 36.3 Å². The van der Waals surface area contributed by atoms with Crippen molar-refractivity contribution in [1.82, 2.24) is 9.97 Å². The van der Waals surface area contributed by atoms with E-state index in [1.807, 2.05) is 6.07 Å². The summed E-state index contributed by atoms with van der Waals surface area (Å²) in [5, 5.41) is 3.25. The van der Waals surface area contributed by atoms with Gasteiger partial charge in [-0.3, -0.25) is 0 Å². The van der Waals surface area contributed by atoms with Crippen LogP contribution in [0.1, 0.15) is 30.0 Å². The fraction of sp³-hybridized carbons (Fsp3) is 0.375. The van der Waals surface area contributed by atoms with Gasteiger partial charge in [-0.05, 0) is 37.0 Å². The Labute approximate surface area is 129 Å². The Kier molecular flexibility index (Phi) is 4.20. The fourth-order valence-electron chi connectivity index (χ4n) is 2.67. The van der Waals surface area contributed by atoms with Crippen molar-refractivity contribution in [2.24, 2.45) is 5.73 Å². The summed E-state index contributed by atoms with van der Waals surface area (Å²) in [4.78, 5) is 8.50. The van der Waals surface area contributed by atoms with E-state index in [0.29, 0.717) is 12.5 Å². The Hall–Kier alpha value is -2.21. The zero-order chi connectivity index (χ0) is 15.5. The van der Waals surface area contributed by atoms with Crippen LogP contribution in [0.5, 0.6) is 0 Å². The van der Waals surface area contributed by atoms with E-state index in [2.05, 4.69) is 15.3 Å². The Morgan fingerprint density at radius 2 is 1.91 bits per heavy atom. The van der Waals surface area contributed by atoms with Crippen molar-refractivity contribution in [2.45, 2.75) is 31.2 Å². The molecule has 0 saturated heterocycles. The second kappa shape index (κ2) is 6.27. The molecule has 1 heterocycles. The quantitative estimate of drug-likeness (QED) is 0.786. The molecule has 0 radical (unpaired) electrons. The highest BCUT2D eigenvalue weighted by molar-refractivity contribution is 5.42. The summed E-state index contributed by atoms with van der Waals surface area (Å²) in [7, 11) is 0. The Balaban J connectivity index is 1.59. The van der Waals surface area contributed by atoms with Crippen LogP contribution in [0.25, 0.3) is 0 Å². The summed E-state index contributed by atoms with van der Waals surface area (Å²) in [6.45, 7) is 0.700. The summed E-state index contributed by atoms with van der Waals surface area (Å²) in [6.07, 6.45) is 2.69. The number of benzene rings is 1. The standard InChI is InChI=1S/C16H20FN5/c17-12-3-1-10(2-4-12)5-6-20-15-9-14(21-16(19)22-15)11-7-13(18)8-11/h1-4,9,11,13H,5-8,18H2,(H3,19,20,21,22). The third-order valence-electron chi connectivity index (χ3n) is 3.99. The number of nitrogens with zero attached hydrogens (tertiary/aromatic N) is 2. The Morgan fingerprint density at radius 1 is 1.18 bits per heavy atom. The zero-order valence-corrected chi connectivity index (χ0v) is 12.3. The first-order chi connectivity index (χ1) is 10.6. The van der Waals surface area contributed by atoms with Gasteiger partial charge in [-0.2, -0.15) is 4.98 Å². The molecular weight excluding hydrogens is 281 g/mol. The van der Waals surface area contributed by atoms with Gasteiger partial charge in [0.2, 0.25) is 5.95 Å². The van der Waals surface area contributed by atoms with Gasteiger partial charge in [0.1, 0.15) is 11.6 Å². The first kappa shape index (κ1) is 14.7. The molecule has 0 spiro atoms. The van der Waals surface area contributed by atoms with Crippen molar-refractivity contribution in [3.8, 4) is 0 Å². The third kappa shape index (κ3) is 3.51. The molecule has 6 heteroatoms. The van der Waals surface area contributed by atoms with Crippen LogP contribution < -0.4 is 16.8 Å². The molecule has 0 amide bonds. The van der Waals surface area contributed by atoms with Gasteiger partial charge in [0.15, 0.2) is 0 Å². The fourth-order valence-corrected chi connectivity index (χ4v) is 2.67. The van der Waals surface area contributed by atoms with Crippen LogP contribution in [-0.2, 0) is 6.42 Å². The van der Waals surface area contributed by atoms with Gasteiger partial charge in [0, 0.05) is 24.6 Å². The number of aromatic nitrogens is 2. The first-order valence-corrected chi connectivity index (χ1v) is 7.48. The van der Waals surface area contributed by atoms with Crippen LogP contribution in [-0.4, -0.2) is 22.6 Å². The lowest BCUT2D eigenvalue weighted by atomic mass is 9.78. The summed E-state index contributed by atoms with van der Waals surface area (Å²) in [5.41, 5.74) is 13.6. The van der Waals surface area contributed by atoms with Crippen molar-refractivity contribution in [1.29, 1.82) is 0 Å². The minimum absolute atomic E-state index is 0.219. The van der Waals surface area contributed by atoms with Crippen LogP contribution in [0, 0.1) is 5.82 Å². The number of nitrogens with two attached hydrogens (primary N) is 2. The smallest absolute Gasteiger partial charge is 0.222 e. The summed E-state index contributed by atoms with van der Waals surface area (Å²) < 4.78 is 12.8. The molecule has 1 fully saturated rings. The maximum Gasteiger partial charge on any atom is 0.222 e. The van der Waals surface area contributed by atoms with E-state index >= 15 is 0 Å². The number of halogens is 1. The highest BCUT2D eigenvalue weighted by Crippen LogP contribution is 2.35. The van der Waals surface area contributed by atoms with Crippen molar-refractivity contribution in [3.05, 3.63) is 47.4 Å². The van der Waals surface area contributed by atoms with Crippen LogP contribution in [0.3, 0.4) is 0 Å². The molecule has 0 bridgehead atoms. The summed E-state index contributed by atoms with van der Waals surface area (Å²) >= 11 is 0. The van der Waals surface area contributed by atoms with Gasteiger partial charge >= 0.3 is 0 Å². The SMILES string of the molecule is Nc1nc(NCCc2ccc(F)cc2)cc(C2CC(N)C2)n1. The molecule has 1 saturated carbocycles. The Bertz CT molecular complexity index is 637. The molecule has 5 N–H and O–H groups in total. The maximum absolute atomic E-state index is 12.8. The van der Waals surface area contributed by atoms with E-state index in [4.69, 9.17) is 11.5 Å². The molecule has 1 aromatic heterocycles. The molecule has 1 aromatic carbocycles. The number of hydrogen-bond donors (Lipinski definition) is 3. The van der Waals surface area contributed by atoms with Gasteiger partial charge in [-0.25, -0.2) is 9.37 Å². The second-order valence-electron chi connectivity index (χ2n) is 5.77. The molecule has 1 aliphatic carbocycles. The topological polar surface area (TPSA) is 89.8 Å². The largest absolute Gasteiger partial charge is 0.370 e. The van der Waals surface area contributed by atoms with E-state index in [1.165, 1.54) is 12.1 Å². The van der Waals surface area contributed by atoms with Crippen LogP contribution in [0.15, 0.2) is 30.3 Å². The molecule has 3 rings (SSSR count). The number of nitrogen functional groups attached to an aromatic ring is 1. The zero-order valence-electron chi connectivity index (χ0n) is 12.3. The number of nitrogens with one attached hydrogen (secondary N) is 1. The van der Waals surface area contributed by atoms with Crippen molar-refractivity contribution in [2.75, 3.05) is 17.6 Å². The average Bonchev–Trinajstić information content (AvgIpc) is 2.45. The van der Waals surface area contributed by atoms with Gasteiger partial charge in [-0.15, -0.1) is 0 Å². The second-order valence-corrected chi connectivity index (χ2v) is 5.77. The molecule has 2 aromatic rings. The highest BCUT2D eigenvalue weighted by Gasteiger charge is 2.29. The highest BCUT2D eigenvalue weighted by atomic mass is 19.1. The molecule has 0 aliphatic heterocycles. The van der Waals surface area contributed by atoms with E-state index < -0.39 is 0 Å². The molecular formula is C16H20FN5. The normalized spacial score (nSPS) is 20.5. The minimum atomic E-state index is -0.219. The molecule has 0 atom stereocenters. The average molecular weight is 301 g/mol. The number of rotatable bonds is 5. The van der Waals surface area contributed by atoms with Crippen molar-refractivity contribution < 1.29 is 4.39 Å². The molecule has 0 unspecified atom stereocenters. The molecule has 22 heavy (non-hydrogen) atoms. The summed E-state index contributed by atoms with van der Waals surface area (Å²) in [5.74, 6) is 1.17. The van der Waals surface area contributed by atoms with Crippen LogP contribution in [0.4, 0.5) is 16.2 Å². The lowest BCUT2D eigenvalue weighted by molar-refractivity contribution is 0.345. The van der Waals surface area contributed by atoms with Crippen molar-refractivity contribution in [3.63, 3.8) is 0 Å². The van der Waals surface area contributed by atoms with E-state index in [-0.39, 0.29) is 17.8 Å². The monoisotopic (exact) mass is 301 g/mol. The van der Waals surface area contributed by atoms with Gasteiger partial charge in [0.05, 0.1) is 5.69 Å². The van der Waals surface area contributed by atoms with E-state index in [9.17, 15) is 4.39 Å². The van der Waals surface area contributed by atoms with Gasteiger partial charge in [-0.1, -0.05) is 12.1 Å². The minimum Gasteiger partial charge on any atom is -0.370 e. The summed E-state index contributed by atoms with van der Waals surface area (Å²) in [6, 6.07) is 8.72. The number of anilines is 2. The number of hydrogen-bond acceptors (Lipinski definition) is 5. The molecule has 116 valence electrons. The lowest BCUT2D eigenvalue weighted by Crippen LogP contribution is -2.35. The van der Waals surface area contributed by atoms with Gasteiger partial charge in [0.25, 0.3) is 0 Å². The predicted molar refractivity (Wildman–Crippen MR) is 85.0 cm³/mol. The third-order valence-corrected chi connectivity index (χ3v) is 3.99. The van der Waals surface area contributed by atoms with Crippen molar-refractivity contribution >= 4 is 11.8 Å². The first-order valence-electron chi connectivity index (χ1n) is 7.48. The molecule has 1 aliphatic rings. The van der Waals surface area contributed by atoms with Gasteiger partial charge < -0.3 is 16.8 Å². The molecule has 5 nitrogen and oxygen atoms in total. The lowest BCUT2D eigenvalue weighted by Gasteiger charge is -2.32. The Morgan fingerprint density at radius 3 is 2.59 bits per heavy atom. The van der Waals surface area contributed by atoms with Crippen LogP contribution in [0.2, 0.25) is 0 Å². The maximum atomic E-state index is 12.8. The van der Waals surface area contributed by atoms with Crippen LogP contribution >= 0.6 is 0 Å².